The zero-order valence-electron chi connectivity index (χ0n) is 28.1. The number of nitrogens with zero attached hydrogens (tertiary/aromatic N) is 5. The third-order valence-electron chi connectivity index (χ3n) is 7.46. The van der Waals surface area contributed by atoms with Gasteiger partial charge in [-0.2, -0.15) is 0 Å². The molecule has 0 aliphatic carbocycles. The Balaban J connectivity index is 1.41. The van der Waals surface area contributed by atoms with Gasteiger partial charge in [-0.25, -0.2) is 4.98 Å². The van der Waals surface area contributed by atoms with Gasteiger partial charge in [0.2, 0.25) is 17.7 Å². The molecule has 15 nitrogen and oxygen atoms in total. The molecular formula is C32H47N7O8S. The van der Waals surface area contributed by atoms with Crippen molar-refractivity contribution < 1.29 is 38.4 Å². The van der Waals surface area contributed by atoms with E-state index in [2.05, 4.69) is 25.6 Å². The molecule has 0 spiro atoms. The second-order valence-corrected chi connectivity index (χ2v) is 13.1. The SMILES string of the molecule is Cc1ncsc1-c1ccc(CNC(=O)C2CC(O)CN2C(=O)C(NC(=O)COCCOCCOCCOCCN=[N+]=[N-])C(C)(C)C)cc1. The molecule has 1 aliphatic heterocycles. The van der Waals surface area contributed by atoms with Crippen molar-refractivity contribution in [2.24, 2.45) is 10.5 Å². The lowest BCUT2D eigenvalue weighted by molar-refractivity contribution is -0.144. The van der Waals surface area contributed by atoms with Crippen LogP contribution in [0.2, 0.25) is 0 Å². The van der Waals surface area contributed by atoms with Gasteiger partial charge in [-0.05, 0) is 29.0 Å². The van der Waals surface area contributed by atoms with Crippen molar-refractivity contribution in [3.8, 4) is 10.4 Å². The highest BCUT2D eigenvalue weighted by molar-refractivity contribution is 7.13. The third kappa shape index (κ3) is 12.8. The Hall–Kier alpha value is -3.63. The number of β-amino-alcohol motifs (C(OH)–C–C–N with tert-alkyl or cyclic N) is 1. The Labute approximate surface area is 284 Å². The lowest BCUT2D eigenvalue weighted by Crippen LogP contribution is -2.58. The summed E-state index contributed by atoms with van der Waals surface area (Å²) in [6.07, 6.45) is -0.757. The second-order valence-electron chi connectivity index (χ2n) is 12.3. The van der Waals surface area contributed by atoms with Gasteiger partial charge in [0.1, 0.15) is 18.7 Å². The minimum Gasteiger partial charge on any atom is -0.391 e. The van der Waals surface area contributed by atoms with Gasteiger partial charge < -0.3 is 39.6 Å². The van der Waals surface area contributed by atoms with E-state index < -0.39 is 35.4 Å². The Morgan fingerprint density at radius 3 is 2.27 bits per heavy atom. The van der Waals surface area contributed by atoms with Crippen LogP contribution in [0.3, 0.4) is 0 Å². The van der Waals surface area contributed by atoms with Gasteiger partial charge in [0.15, 0.2) is 0 Å². The lowest BCUT2D eigenvalue weighted by Gasteiger charge is -2.35. The average molecular weight is 690 g/mol. The van der Waals surface area contributed by atoms with Crippen molar-refractivity contribution in [2.75, 3.05) is 65.9 Å². The van der Waals surface area contributed by atoms with Gasteiger partial charge in [0.05, 0.1) is 68.4 Å². The zero-order valence-corrected chi connectivity index (χ0v) is 28.9. The number of carbonyl (C=O) groups is 3. The Kier molecular flexibility index (Phi) is 16.2. The van der Waals surface area contributed by atoms with Crippen LogP contribution in [-0.4, -0.2) is 117 Å². The van der Waals surface area contributed by atoms with Crippen molar-refractivity contribution in [3.05, 3.63) is 51.5 Å². The molecule has 1 aromatic carbocycles. The highest BCUT2D eigenvalue weighted by Crippen LogP contribution is 2.28. The number of carbonyl (C=O) groups excluding carboxylic acids is 3. The summed E-state index contributed by atoms with van der Waals surface area (Å²) in [5, 5.41) is 19.5. The van der Waals surface area contributed by atoms with Gasteiger partial charge in [0.25, 0.3) is 0 Å². The maximum atomic E-state index is 13.8. The van der Waals surface area contributed by atoms with Gasteiger partial charge in [-0.1, -0.05) is 50.2 Å². The number of likely N-dealkylation sites (tertiary alicyclic amines) is 1. The van der Waals surface area contributed by atoms with E-state index in [4.69, 9.17) is 24.5 Å². The summed E-state index contributed by atoms with van der Waals surface area (Å²) in [6, 6.07) is 6.02. The van der Waals surface area contributed by atoms with E-state index in [1.54, 1.807) is 11.3 Å². The minimum atomic E-state index is -0.951. The molecule has 3 N–H and O–H groups in total. The smallest absolute Gasteiger partial charge is 0.246 e. The van der Waals surface area contributed by atoms with Crippen LogP contribution >= 0.6 is 11.3 Å². The van der Waals surface area contributed by atoms with Crippen LogP contribution in [0, 0.1) is 12.3 Å². The van der Waals surface area contributed by atoms with Crippen LogP contribution in [0.1, 0.15) is 38.4 Å². The lowest BCUT2D eigenvalue weighted by atomic mass is 9.85. The first-order valence-corrected chi connectivity index (χ1v) is 16.8. The quantitative estimate of drug-likeness (QED) is 0.0810. The van der Waals surface area contributed by atoms with Crippen molar-refractivity contribution in [3.63, 3.8) is 0 Å². The largest absolute Gasteiger partial charge is 0.391 e. The first-order chi connectivity index (χ1) is 23.0. The summed E-state index contributed by atoms with van der Waals surface area (Å²) < 4.78 is 21.5. The van der Waals surface area contributed by atoms with E-state index in [1.807, 2.05) is 57.5 Å². The van der Waals surface area contributed by atoms with E-state index in [0.29, 0.717) is 33.0 Å². The molecule has 0 bridgehead atoms. The topological polar surface area (TPSA) is 197 Å². The number of azide groups is 1. The summed E-state index contributed by atoms with van der Waals surface area (Å²) in [5.41, 5.74) is 12.2. The summed E-state index contributed by atoms with van der Waals surface area (Å²) in [7, 11) is 0. The second kappa shape index (κ2) is 20.0. The van der Waals surface area contributed by atoms with Crippen molar-refractivity contribution >= 4 is 29.1 Å². The number of hydrogen-bond acceptors (Lipinski definition) is 11. The van der Waals surface area contributed by atoms with E-state index in [1.165, 1.54) is 4.90 Å². The van der Waals surface area contributed by atoms with Crippen LogP contribution in [0.15, 0.2) is 34.9 Å². The normalized spacial score (nSPS) is 16.7. The summed E-state index contributed by atoms with van der Waals surface area (Å²) in [6.45, 7) is 9.89. The first kappa shape index (κ1) is 38.8. The Bertz CT molecular complexity index is 1360. The maximum absolute atomic E-state index is 13.8. The molecule has 0 radical (unpaired) electrons. The van der Waals surface area contributed by atoms with E-state index in [0.717, 1.165) is 21.7 Å². The van der Waals surface area contributed by atoms with Gasteiger partial charge >= 0.3 is 0 Å². The molecular weight excluding hydrogens is 642 g/mol. The molecule has 1 aromatic heterocycles. The molecule has 1 saturated heterocycles. The molecule has 2 heterocycles. The van der Waals surface area contributed by atoms with Gasteiger partial charge in [-0.3, -0.25) is 14.4 Å². The average Bonchev–Trinajstić information content (AvgIpc) is 3.67. The van der Waals surface area contributed by atoms with Crippen LogP contribution < -0.4 is 10.6 Å². The minimum absolute atomic E-state index is 0.00966. The number of benzene rings is 1. The summed E-state index contributed by atoms with van der Waals surface area (Å²) in [4.78, 5) is 49.2. The number of aryl methyl sites for hydroxylation is 1. The molecule has 16 heteroatoms. The highest BCUT2D eigenvalue weighted by atomic mass is 32.1. The standard InChI is InChI=1S/C32H47N7O8S/c1-22-28(48-21-35-22)24-7-5-23(6-8-24)18-34-30(42)26-17-25(40)19-39(26)31(43)29(32(2,3)4)37-27(41)20-47-16-15-46-14-13-45-12-11-44-10-9-36-38-33/h5-8,21,25-26,29,40H,9-20H2,1-4H3,(H,34,42)(H,37,41). The number of thiazole rings is 1. The third-order valence-corrected chi connectivity index (χ3v) is 8.44. The molecule has 3 amide bonds. The number of amides is 3. The van der Waals surface area contributed by atoms with Crippen LogP contribution in [-0.2, 0) is 39.9 Å². The first-order valence-electron chi connectivity index (χ1n) is 15.9. The van der Waals surface area contributed by atoms with Crippen molar-refractivity contribution in [2.45, 2.75) is 58.8 Å². The number of ether oxygens (including phenoxy) is 4. The van der Waals surface area contributed by atoms with E-state index in [-0.39, 0.29) is 51.8 Å². The van der Waals surface area contributed by atoms with E-state index in [9.17, 15) is 19.5 Å². The Morgan fingerprint density at radius 2 is 1.69 bits per heavy atom. The van der Waals surface area contributed by atoms with Crippen molar-refractivity contribution in [1.29, 1.82) is 0 Å². The predicted molar refractivity (Wildman–Crippen MR) is 179 cm³/mol. The molecule has 264 valence electrons. The van der Waals surface area contributed by atoms with Crippen LogP contribution in [0.4, 0.5) is 0 Å². The Morgan fingerprint density at radius 1 is 1.06 bits per heavy atom. The number of hydrogen-bond donors (Lipinski definition) is 3. The fourth-order valence-corrected chi connectivity index (χ4v) is 5.77. The number of nitrogens with one attached hydrogen (secondary N) is 2. The van der Waals surface area contributed by atoms with Crippen molar-refractivity contribution in [1.82, 2.24) is 20.5 Å². The summed E-state index contributed by atoms with van der Waals surface area (Å²) in [5.74, 6) is -1.29. The molecule has 3 rings (SSSR count). The molecule has 3 atom stereocenters. The number of aliphatic hydroxyl groups excluding tert-OH is 1. The van der Waals surface area contributed by atoms with Gasteiger partial charge in [0, 0.05) is 31.0 Å². The molecule has 1 fully saturated rings. The number of aliphatic hydroxyl groups is 1. The van der Waals surface area contributed by atoms with Gasteiger partial charge in [-0.15, -0.1) is 11.3 Å². The monoisotopic (exact) mass is 689 g/mol. The van der Waals surface area contributed by atoms with E-state index >= 15 is 0 Å². The molecule has 3 unspecified atom stereocenters. The molecule has 0 saturated carbocycles. The number of aromatic nitrogens is 1. The molecule has 48 heavy (non-hydrogen) atoms. The zero-order chi connectivity index (χ0) is 34.9. The molecule has 1 aliphatic rings. The highest BCUT2D eigenvalue weighted by Gasteiger charge is 2.44. The molecule has 2 aromatic rings. The fraction of sp³-hybridized carbons (Fsp3) is 0.625. The summed E-state index contributed by atoms with van der Waals surface area (Å²) >= 11 is 1.57. The maximum Gasteiger partial charge on any atom is 0.246 e. The predicted octanol–water partition coefficient (Wildman–Crippen LogP) is 2.60. The fourth-order valence-electron chi connectivity index (χ4n) is 4.96. The number of rotatable bonds is 20. The van der Waals surface area contributed by atoms with Crippen LogP contribution in [0.5, 0.6) is 0 Å². The van der Waals surface area contributed by atoms with Crippen LogP contribution in [0.25, 0.3) is 20.9 Å².